The number of benzene rings is 1. The lowest BCUT2D eigenvalue weighted by Gasteiger charge is -2.22. The first kappa shape index (κ1) is 16.9. The first-order chi connectivity index (χ1) is 10.9. The molecule has 0 aliphatic rings. The Kier molecular flexibility index (Phi) is 5.32. The highest BCUT2D eigenvalue weighted by molar-refractivity contribution is 5.92. The van der Waals surface area contributed by atoms with Crippen molar-refractivity contribution in [2.45, 2.75) is 39.8 Å². The summed E-state index contributed by atoms with van der Waals surface area (Å²) in [7, 11) is 0. The first-order valence-corrected chi connectivity index (χ1v) is 7.84. The van der Waals surface area contributed by atoms with Crippen molar-refractivity contribution in [3.63, 3.8) is 0 Å². The van der Waals surface area contributed by atoms with Gasteiger partial charge in [-0.3, -0.25) is 4.79 Å². The second-order valence-corrected chi connectivity index (χ2v) is 6.48. The van der Waals surface area contributed by atoms with Crippen molar-refractivity contribution in [2.75, 3.05) is 11.9 Å². The molecular formula is C18H24N4O. The zero-order valence-corrected chi connectivity index (χ0v) is 14.2. The number of anilines is 1. The van der Waals surface area contributed by atoms with Crippen LogP contribution in [-0.2, 0) is 6.54 Å². The molecule has 0 spiro atoms. The van der Waals surface area contributed by atoms with Gasteiger partial charge in [-0.05, 0) is 45.4 Å². The minimum Gasteiger partial charge on any atom is -0.364 e. The number of nitrogens with zero attached hydrogens (tertiary/aromatic N) is 3. The maximum absolute atomic E-state index is 12.6. The summed E-state index contributed by atoms with van der Waals surface area (Å²) in [5.74, 6) is 0.561. The number of nitrogens with one attached hydrogen (secondary N) is 1. The van der Waals surface area contributed by atoms with Gasteiger partial charge in [0.2, 0.25) is 0 Å². The summed E-state index contributed by atoms with van der Waals surface area (Å²) in [5, 5.41) is 11.4. The van der Waals surface area contributed by atoms with Crippen LogP contribution in [0.3, 0.4) is 0 Å². The predicted octanol–water partition coefficient (Wildman–Crippen LogP) is 3.35. The Morgan fingerprint density at radius 2 is 1.78 bits per heavy atom. The molecule has 1 amide bonds. The molecule has 0 saturated heterocycles. The van der Waals surface area contributed by atoms with Gasteiger partial charge in [-0.15, -0.1) is 10.2 Å². The summed E-state index contributed by atoms with van der Waals surface area (Å²) < 4.78 is 0. The molecule has 122 valence electrons. The van der Waals surface area contributed by atoms with Gasteiger partial charge in [-0.25, -0.2) is 0 Å². The van der Waals surface area contributed by atoms with Gasteiger partial charge in [0, 0.05) is 18.6 Å². The van der Waals surface area contributed by atoms with E-state index in [1.165, 1.54) is 0 Å². The predicted molar refractivity (Wildman–Crippen MR) is 92.3 cm³/mol. The number of rotatable bonds is 5. The summed E-state index contributed by atoms with van der Waals surface area (Å²) in [5.41, 5.74) is 1.37. The number of aromatic nitrogens is 2. The van der Waals surface area contributed by atoms with E-state index in [1.807, 2.05) is 58.0 Å². The van der Waals surface area contributed by atoms with Crippen LogP contribution < -0.4 is 5.32 Å². The van der Waals surface area contributed by atoms with Crippen LogP contribution in [0, 0.1) is 0 Å². The first-order valence-electron chi connectivity index (χ1n) is 7.84. The van der Waals surface area contributed by atoms with Gasteiger partial charge in [0.25, 0.3) is 5.91 Å². The highest BCUT2D eigenvalue weighted by Crippen LogP contribution is 2.13. The maximum atomic E-state index is 12.6. The van der Waals surface area contributed by atoms with E-state index >= 15 is 0 Å². The summed E-state index contributed by atoms with van der Waals surface area (Å²) in [6, 6.07) is 13.4. The number of carbonyl (C=O) groups is 1. The minimum absolute atomic E-state index is 0.0943. The van der Waals surface area contributed by atoms with E-state index in [0.717, 1.165) is 5.56 Å². The van der Waals surface area contributed by atoms with Crippen LogP contribution in [-0.4, -0.2) is 33.1 Å². The third-order valence-corrected chi connectivity index (χ3v) is 3.27. The fourth-order valence-corrected chi connectivity index (χ4v) is 2.19. The van der Waals surface area contributed by atoms with Crippen molar-refractivity contribution < 1.29 is 4.79 Å². The minimum atomic E-state index is -0.105. The van der Waals surface area contributed by atoms with Crippen molar-refractivity contribution in [2.24, 2.45) is 0 Å². The van der Waals surface area contributed by atoms with Crippen molar-refractivity contribution in [1.82, 2.24) is 15.1 Å². The molecule has 1 aromatic heterocycles. The topological polar surface area (TPSA) is 58.1 Å². The molecule has 0 aliphatic heterocycles. The van der Waals surface area contributed by atoms with E-state index < -0.39 is 0 Å². The van der Waals surface area contributed by atoms with E-state index in [4.69, 9.17) is 0 Å². The monoisotopic (exact) mass is 312 g/mol. The largest absolute Gasteiger partial charge is 0.364 e. The van der Waals surface area contributed by atoms with E-state index in [9.17, 15) is 4.79 Å². The Balaban J connectivity index is 2.08. The van der Waals surface area contributed by atoms with Gasteiger partial charge >= 0.3 is 0 Å². The molecule has 5 heteroatoms. The smallest absolute Gasteiger partial charge is 0.274 e. The Labute approximate surface area is 137 Å². The normalized spacial score (nSPS) is 11.1. The second kappa shape index (κ2) is 7.22. The molecule has 23 heavy (non-hydrogen) atoms. The van der Waals surface area contributed by atoms with E-state index in [2.05, 4.69) is 15.5 Å². The van der Waals surface area contributed by atoms with Gasteiger partial charge in [0.15, 0.2) is 5.69 Å². The maximum Gasteiger partial charge on any atom is 0.274 e. The molecule has 1 aromatic carbocycles. The molecule has 0 atom stereocenters. The number of amides is 1. The summed E-state index contributed by atoms with van der Waals surface area (Å²) in [6.45, 7) is 9.30. The van der Waals surface area contributed by atoms with Crippen molar-refractivity contribution >= 4 is 11.7 Å². The van der Waals surface area contributed by atoms with Gasteiger partial charge < -0.3 is 10.2 Å². The molecular weight excluding hydrogens is 288 g/mol. The Bertz CT molecular complexity index is 632. The fourth-order valence-electron chi connectivity index (χ4n) is 2.19. The van der Waals surface area contributed by atoms with E-state index in [0.29, 0.717) is 24.6 Å². The highest BCUT2D eigenvalue weighted by atomic mass is 16.2. The van der Waals surface area contributed by atoms with Crippen LogP contribution in [0.25, 0.3) is 0 Å². The quantitative estimate of drug-likeness (QED) is 0.920. The molecule has 0 bridgehead atoms. The van der Waals surface area contributed by atoms with Crippen LogP contribution in [0.2, 0.25) is 0 Å². The summed E-state index contributed by atoms with van der Waals surface area (Å²) >= 11 is 0. The molecule has 0 unspecified atom stereocenters. The van der Waals surface area contributed by atoms with Gasteiger partial charge in [-0.2, -0.15) is 0 Å². The average Bonchev–Trinajstić information content (AvgIpc) is 2.52. The third kappa shape index (κ3) is 5.06. The number of hydrogen-bond donors (Lipinski definition) is 1. The van der Waals surface area contributed by atoms with Gasteiger partial charge in [-0.1, -0.05) is 30.3 Å². The lowest BCUT2D eigenvalue weighted by Crippen LogP contribution is -2.31. The average molecular weight is 312 g/mol. The Hall–Kier alpha value is -2.43. The molecule has 1 N–H and O–H groups in total. The number of hydrogen-bond acceptors (Lipinski definition) is 4. The lowest BCUT2D eigenvalue weighted by atomic mass is 10.1. The molecule has 0 radical (unpaired) electrons. The van der Waals surface area contributed by atoms with E-state index in [1.54, 1.807) is 17.0 Å². The molecule has 0 aliphatic carbocycles. The third-order valence-electron chi connectivity index (χ3n) is 3.27. The Morgan fingerprint density at radius 1 is 1.09 bits per heavy atom. The molecule has 2 aromatic rings. The van der Waals surface area contributed by atoms with Crippen LogP contribution in [0.4, 0.5) is 5.82 Å². The Morgan fingerprint density at radius 3 is 2.30 bits per heavy atom. The van der Waals surface area contributed by atoms with Crippen molar-refractivity contribution in [3.05, 3.63) is 53.7 Å². The molecule has 1 heterocycles. The standard InChI is InChI=1S/C18H24N4O/c1-5-22(13-14-9-7-6-8-10-14)17(23)15-11-12-16(21-20-15)19-18(2,3)4/h6-12H,5,13H2,1-4H3,(H,19,21). The fraction of sp³-hybridized carbons (Fsp3) is 0.389. The number of carbonyl (C=O) groups excluding carboxylic acids is 1. The van der Waals surface area contributed by atoms with Crippen LogP contribution in [0.5, 0.6) is 0 Å². The summed E-state index contributed by atoms with van der Waals surface area (Å²) in [6.07, 6.45) is 0. The second-order valence-electron chi connectivity index (χ2n) is 6.48. The van der Waals surface area contributed by atoms with Crippen LogP contribution in [0.15, 0.2) is 42.5 Å². The zero-order chi connectivity index (χ0) is 16.9. The van der Waals surface area contributed by atoms with Gasteiger partial charge in [0.05, 0.1) is 0 Å². The van der Waals surface area contributed by atoms with Gasteiger partial charge in [0.1, 0.15) is 5.82 Å². The molecule has 0 saturated carbocycles. The molecule has 0 fully saturated rings. The van der Waals surface area contributed by atoms with E-state index in [-0.39, 0.29) is 11.4 Å². The van der Waals surface area contributed by atoms with Crippen molar-refractivity contribution in [1.29, 1.82) is 0 Å². The molecule has 2 rings (SSSR count). The lowest BCUT2D eigenvalue weighted by molar-refractivity contribution is 0.0745. The highest BCUT2D eigenvalue weighted by Gasteiger charge is 2.17. The SMILES string of the molecule is CCN(Cc1ccccc1)C(=O)c1ccc(NC(C)(C)C)nn1. The van der Waals surface area contributed by atoms with Crippen LogP contribution >= 0.6 is 0 Å². The van der Waals surface area contributed by atoms with Crippen LogP contribution in [0.1, 0.15) is 43.7 Å². The molecule has 5 nitrogen and oxygen atoms in total. The zero-order valence-electron chi connectivity index (χ0n) is 14.2. The van der Waals surface area contributed by atoms with Crippen molar-refractivity contribution in [3.8, 4) is 0 Å². The summed E-state index contributed by atoms with van der Waals surface area (Å²) in [4.78, 5) is 14.3.